The van der Waals surface area contributed by atoms with Crippen LogP contribution in [0.25, 0.3) is 11.1 Å². The van der Waals surface area contributed by atoms with Gasteiger partial charge in [0, 0.05) is 40.5 Å². The van der Waals surface area contributed by atoms with Crippen LogP contribution in [0.5, 0.6) is 11.5 Å². The van der Waals surface area contributed by atoms with Crippen molar-refractivity contribution < 1.29 is 19.1 Å². The molecular formula is C31H26N4O4. The summed E-state index contributed by atoms with van der Waals surface area (Å²) in [5.41, 5.74) is 5.35. The molecule has 1 aliphatic rings. The van der Waals surface area contributed by atoms with Crippen LogP contribution in [0, 0.1) is 0 Å². The van der Waals surface area contributed by atoms with E-state index in [0.29, 0.717) is 30.1 Å². The van der Waals surface area contributed by atoms with E-state index in [2.05, 4.69) is 4.98 Å². The summed E-state index contributed by atoms with van der Waals surface area (Å²) in [5, 5.41) is 0. The fourth-order valence-electron chi connectivity index (χ4n) is 5.11. The minimum absolute atomic E-state index is 0.163. The Balaban J connectivity index is 1.39. The number of anilines is 1. The van der Waals surface area contributed by atoms with Gasteiger partial charge in [-0.2, -0.15) is 0 Å². The van der Waals surface area contributed by atoms with Crippen molar-refractivity contribution in [2.75, 3.05) is 19.1 Å². The molecule has 3 heterocycles. The number of carbonyl (C=O) groups is 2. The zero-order valence-electron chi connectivity index (χ0n) is 21.6. The molecule has 8 nitrogen and oxygen atoms in total. The quantitative estimate of drug-likeness (QED) is 0.317. The maximum atomic E-state index is 14.0. The first-order valence-electron chi connectivity index (χ1n) is 12.5. The molecule has 0 radical (unpaired) electrons. The minimum Gasteiger partial charge on any atom is -0.496 e. The van der Waals surface area contributed by atoms with E-state index in [1.54, 1.807) is 43.6 Å². The predicted octanol–water partition coefficient (Wildman–Crippen LogP) is 5.27. The van der Waals surface area contributed by atoms with Crippen LogP contribution in [0.4, 0.5) is 5.69 Å². The van der Waals surface area contributed by atoms with Crippen molar-refractivity contribution >= 4 is 17.5 Å². The molecule has 5 aromatic rings. The molecule has 0 unspecified atom stereocenters. The van der Waals surface area contributed by atoms with Crippen molar-refractivity contribution in [3.05, 3.63) is 120 Å². The Kier molecular flexibility index (Phi) is 6.20. The monoisotopic (exact) mass is 518 g/mol. The molecule has 2 aromatic heterocycles. The van der Waals surface area contributed by atoms with E-state index in [-0.39, 0.29) is 11.8 Å². The lowest BCUT2D eigenvalue weighted by Crippen LogP contribution is -2.30. The van der Waals surface area contributed by atoms with Gasteiger partial charge in [-0.1, -0.05) is 36.4 Å². The number of methoxy groups -OCH3 is 2. The molecule has 0 atom stereocenters. The Labute approximate surface area is 225 Å². The number of para-hydroxylation sites is 2. The fourth-order valence-corrected chi connectivity index (χ4v) is 5.11. The number of hydrogen-bond acceptors (Lipinski definition) is 5. The third-order valence-electron chi connectivity index (χ3n) is 7.05. The minimum atomic E-state index is -0.173. The summed E-state index contributed by atoms with van der Waals surface area (Å²) in [4.78, 5) is 33.0. The van der Waals surface area contributed by atoms with Gasteiger partial charge < -0.3 is 18.9 Å². The van der Waals surface area contributed by atoms with E-state index in [9.17, 15) is 9.59 Å². The number of rotatable bonds is 5. The van der Waals surface area contributed by atoms with E-state index in [4.69, 9.17) is 9.47 Å². The van der Waals surface area contributed by atoms with Crippen LogP contribution in [-0.4, -0.2) is 40.2 Å². The number of carbonyl (C=O) groups excluding carboxylic acids is 2. The number of fused-ring (bicyclic) bond motifs is 2. The Morgan fingerprint density at radius 2 is 1.56 bits per heavy atom. The molecule has 0 N–H and O–H groups in total. The van der Waals surface area contributed by atoms with Gasteiger partial charge in [0.1, 0.15) is 23.5 Å². The number of benzene rings is 3. The summed E-state index contributed by atoms with van der Waals surface area (Å²) in [7, 11) is 3.22. The van der Waals surface area contributed by atoms with Gasteiger partial charge in [0.25, 0.3) is 11.8 Å². The van der Waals surface area contributed by atoms with E-state index in [1.807, 2.05) is 71.3 Å². The molecule has 0 saturated carbocycles. The van der Waals surface area contributed by atoms with E-state index in [1.165, 1.54) is 10.9 Å². The molecule has 6 rings (SSSR count). The number of imidazole rings is 1. The summed E-state index contributed by atoms with van der Waals surface area (Å²) >= 11 is 0. The van der Waals surface area contributed by atoms with Gasteiger partial charge in [0.2, 0.25) is 0 Å². The second-order valence-corrected chi connectivity index (χ2v) is 9.21. The van der Waals surface area contributed by atoms with Gasteiger partial charge in [0.05, 0.1) is 27.3 Å². The van der Waals surface area contributed by atoms with Crippen molar-refractivity contribution in [2.45, 2.75) is 13.1 Å². The lowest BCUT2D eigenvalue weighted by molar-refractivity contribution is 0.0950. The average Bonchev–Trinajstić information content (AvgIpc) is 3.63. The molecule has 0 aliphatic carbocycles. The molecule has 1 amide bonds. The number of amides is 1. The first-order valence-corrected chi connectivity index (χ1v) is 12.5. The molecule has 0 fully saturated rings. The van der Waals surface area contributed by atoms with Crippen molar-refractivity contribution in [1.82, 2.24) is 14.1 Å². The van der Waals surface area contributed by atoms with E-state index < -0.39 is 0 Å². The Bertz CT molecular complexity index is 1690. The van der Waals surface area contributed by atoms with Gasteiger partial charge in [-0.3, -0.25) is 14.2 Å². The second-order valence-electron chi connectivity index (χ2n) is 9.21. The number of hydrogen-bond donors (Lipinski definition) is 0. The van der Waals surface area contributed by atoms with Crippen LogP contribution < -0.4 is 14.4 Å². The van der Waals surface area contributed by atoms with Crippen LogP contribution in [0.1, 0.15) is 32.1 Å². The van der Waals surface area contributed by atoms with Crippen LogP contribution >= 0.6 is 0 Å². The van der Waals surface area contributed by atoms with Gasteiger partial charge in [-0.25, -0.2) is 4.98 Å². The van der Waals surface area contributed by atoms with Crippen molar-refractivity contribution in [2.24, 2.45) is 0 Å². The smallest absolute Gasteiger partial charge is 0.279 e. The summed E-state index contributed by atoms with van der Waals surface area (Å²) < 4.78 is 14.7. The standard InChI is InChI=1S/C31H26N4O4/c1-38-28-10-6-4-8-24(28)25-13-11-21(17-29(25)39-2)30(36)35-19-23-12-14-27(31(37)33-16-15-32-20-33)34(23)18-22-7-3-5-9-26(22)35/h3-17,20H,18-19H2,1-2H3. The van der Waals surface area contributed by atoms with Gasteiger partial charge in [-0.15, -0.1) is 0 Å². The lowest BCUT2D eigenvalue weighted by atomic mass is 10.0. The lowest BCUT2D eigenvalue weighted by Gasteiger charge is -2.23. The fraction of sp³-hybridized carbons (Fsp3) is 0.129. The van der Waals surface area contributed by atoms with Crippen LogP contribution in [0.2, 0.25) is 0 Å². The highest BCUT2D eigenvalue weighted by atomic mass is 16.5. The highest BCUT2D eigenvalue weighted by Gasteiger charge is 2.28. The third kappa shape index (κ3) is 4.25. The predicted molar refractivity (Wildman–Crippen MR) is 147 cm³/mol. The maximum absolute atomic E-state index is 14.0. The summed E-state index contributed by atoms with van der Waals surface area (Å²) in [6.45, 7) is 0.776. The normalized spacial score (nSPS) is 12.3. The van der Waals surface area contributed by atoms with Crippen LogP contribution in [-0.2, 0) is 13.1 Å². The summed E-state index contributed by atoms with van der Waals surface area (Å²) in [6.07, 6.45) is 4.70. The number of nitrogens with zero attached hydrogens (tertiary/aromatic N) is 4. The highest BCUT2D eigenvalue weighted by Crippen LogP contribution is 2.38. The molecule has 0 bridgehead atoms. The van der Waals surface area contributed by atoms with E-state index >= 15 is 0 Å². The Morgan fingerprint density at radius 1 is 0.795 bits per heavy atom. The van der Waals surface area contributed by atoms with Gasteiger partial charge >= 0.3 is 0 Å². The Morgan fingerprint density at radius 3 is 2.36 bits per heavy atom. The van der Waals surface area contributed by atoms with Crippen LogP contribution in [0.15, 0.2) is 97.6 Å². The van der Waals surface area contributed by atoms with Crippen molar-refractivity contribution in [1.29, 1.82) is 0 Å². The van der Waals surface area contributed by atoms with E-state index in [0.717, 1.165) is 33.8 Å². The van der Waals surface area contributed by atoms with Gasteiger partial charge in [-0.05, 0) is 48.0 Å². The van der Waals surface area contributed by atoms with Crippen LogP contribution in [0.3, 0.4) is 0 Å². The molecule has 194 valence electrons. The van der Waals surface area contributed by atoms with Crippen molar-refractivity contribution in [3.8, 4) is 22.6 Å². The highest BCUT2D eigenvalue weighted by molar-refractivity contribution is 6.07. The molecule has 0 saturated heterocycles. The first kappa shape index (κ1) is 24.2. The molecule has 39 heavy (non-hydrogen) atoms. The molecule has 8 heteroatoms. The average molecular weight is 519 g/mol. The zero-order chi connectivity index (χ0) is 26.9. The maximum Gasteiger partial charge on any atom is 0.279 e. The Hall–Kier alpha value is -5.11. The van der Waals surface area contributed by atoms with Crippen molar-refractivity contribution in [3.63, 3.8) is 0 Å². The third-order valence-corrected chi connectivity index (χ3v) is 7.05. The molecule has 1 aliphatic heterocycles. The van der Waals surface area contributed by atoms with Gasteiger partial charge in [0.15, 0.2) is 0 Å². The summed E-state index contributed by atoms with van der Waals surface area (Å²) in [5.74, 6) is 0.959. The largest absolute Gasteiger partial charge is 0.496 e. The molecule has 0 spiro atoms. The SMILES string of the molecule is COc1ccccc1-c1ccc(C(=O)N2Cc3ccc(C(=O)n4ccnc4)n3Cc3ccccc32)cc1OC. The number of aromatic nitrogens is 3. The molecular weight excluding hydrogens is 492 g/mol. The summed E-state index contributed by atoms with van der Waals surface area (Å²) in [6, 6.07) is 24.7. The topological polar surface area (TPSA) is 78.6 Å². The first-order chi connectivity index (χ1) is 19.1. The second kappa shape index (κ2) is 9.98. The zero-order valence-corrected chi connectivity index (χ0v) is 21.6. The molecule has 3 aromatic carbocycles. The number of ether oxygens (including phenoxy) is 2.